The number of benzene rings is 1. The van der Waals surface area contributed by atoms with Gasteiger partial charge < -0.3 is 5.73 Å². The summed E-state index contributed by atoms with van der Waals surface area (Å²) in [5, 5.41) is 0. The minimum absolute atomic E-state index is 0.0453. The molecular weight excluding hydrogens is 284 g/mol. The normalized spacial score (nSPS) is 19.6. The van der Waals surface area contributed by atoms with Gasteiger partial charge in [-0.05, 0) is 55.2 Å². The van der Waals surface area contributed by atoms with Gasteiger partial charge in [0.25, 0.3) is 0 Å². The molecule has 0 aromatic heterocycles. The molecule has 5 heteroatoms. The van der Waals surface area contributed by atoms with Gasteiger partial charge in [0.05, 0.1) is 4.90 Å². The first-order valence-electron chi connectivity index (χ1n) is 7.55. The topological polar surface area (TPSA) is 72.2 Å². The Kier molecular flexibility index (Phi) is 4.76. The van der Waals surface area contributed by atoms with Crippen LogP contribution in [0.3, 0.4) is 0 Å². The molecule has 118 valence electrons. The van der Waals surface area contributed by atoms with Crippen molar-refractivity contribution < 1.29 is 8.42 Å². The second kappa shape index (κ2) is 6.07. The van der Waals surface area contributed by atoms with E-state index < -0.39 is 10.0 Å². The molecule has 4 nitrogen and oxygen atoms in total. The fourth-order valence-electron chi connectivity index (χ4n) is 2.86. The van der Waals surface area contributed by atoms with Gasteiger partial charge in [0.15, 0.2) is 0 Å². The Balaban J connectivity index is 2.16. The third kappa shape index (κ3) is 4.05. The molecule has 0 radical (unpaired) electrons. The second-order valence-electron chi connectivity index (χ2n) is 6.86. The van der Waals surface area contributed by atoms with Crippen molar-refractivity contribution in [1.82, 2.24) is 4.72 Å². The van der Waals surface area contributed by atoms with Gasteiger partial charge in [-0.15, -0.1) is 0 Å². The van der Waals surface area contributed by atoms with E-state index in [4.69, 9.17) is 5.73 Å². The van der Waals surface area contributed by atoms with Gasteiger partial charge in [0.1, 0.15) is 0 Å². The second-order valence-corrected chi connectivity index (χ2v) is 8.55. The largest absolute Gasteiger partial charge is 0.326 e. The van der Waals surface area contributed by atoms with Crippen LogP contribution in [0, 0.1) is 12.3 Å². The number of nitrogens with one attached hydrogen (secondary N) is 1. The molecule has 1 aromatic rings. The molecule has 1 aliphatic rings. The van der Waals surface area contributed by atoms with Crippen LogP contribution in [-0.2, 0) is 16.6 Å². The molecule has 0 saturated heterocycles. The van der Waals surface area contributed by atoms with Gasteiger partial charge in [0, 0.05) is 12.6 Å². The van der Waals surface area contributed by atoms with Crippen molar-refractivity contribution in [3.63, 3.8) is 0 Å². The molecule has 1 aliphatic carbocycles. The van der Waals surface area contributed by atoms with E-state index in [-0.39, 0.29) is 6.04 Å². The first kappa shape index (κ1) is 16.5. The lowest BCUT2D eigenvalue weighted by atomic mass is 9.76. The first-order valence-corrected chi connectivity index (χ1v) is 9.04. The highest BCUT2D eigenvalue weighted by Gasteiger charge is 2.30. The van der Waals surface area contributed by atoms with E-state index >= 15 is 0 Å². The molecule has 0 bridgehead atoms. The predicted molar refractivity (Wildman–Crippen MR) is 85.4 cm³/mol. The van der Waals surface area contributed by atoms with E-state index in [9.17, 15) is 8.42 Å². The molecule has 1 saturated carbocycles. The highest BCUT2D eigenvalue weighted by Crippen LogP contribution is 2.35. The number of hydrogen-bond donors (Lipinski definition) is 2. The molecule has 3 N–H and O–H groups in total. The van der Waals surface area contributed by atoms with Crippen LogP contribution in [0.15, 0.2) is 23.1 Å². The third-order valence-electron chi connectivity index (χ3n) is 4.44. The molecule has 0 unspecified atom stereocenters. The summed E-state index contributed by atoms with van der Waals surface area (Å²) in [5.41, 5.74) is 7.54. The molecule has 2 rings (SSSR count). The SMILES string of the molecule is Cc1ccc(CN)cc1S(=O)(=O)NC1CCC(C)(C)CC1. The lowest BCUT2D eigenvalue weighted by Crippen LogP contribution is -2.39. The van der Waals surface area contributed by atoms with Crippen molar-refractivity contribution in [2.45, 2.75) is 63.9 Å². The van der Waals surface area contributed by atoms with Crippen LogP contribution in [-0.4, -0.2) is 14.5 Å². The van der Waals surface area contributed by atoms with E-state index in [0.29, 0.717) is 16.9 Å². The number of nitrogens with two attached hydrogens (primary N) is 1. The number of sulfonamides is 1. The van der Waals surface area contributed by atoms with E-state index in [2.05, 4.69) is 18.6 Å². The average molecular weight is 310 g/mol. The van der Waals surface area contributed by atoms with Gasteiger partial charge in [0.2, 0.25) is 10.0 Å². The highest BCUT2D eigenvalue weighted by atomic mass is 32.2. The Morgan fingerprint density at radius 3 is 2.48 bits per heavy atom. The monoisotopic (exact) mass is 310 g/mol. The van der Waals surface area contributed by atoms with Gasteiger partial charge in [-0.2, -0.15) is 0 Å². The van der Waals surface area contributed by atoms with Crippen molar-refractivity contribution >= 4 is 10.0 Å². The maximum Gasteiger partial charge on any atom is 0.241 e. The Bertz CT molecular complexity index is 599. The van der Waals surface area contributed by atoms with Crippen molar-refractivity contribution in [1.29, 1.82) is 0 Å². The van der Waals surface area contributed by atoms with E-state index in [1.165, 1.54) is 0 Å². The van der Waals surface area contributed by atoms with Crippen LogP contribution in [0.5, 0.6) is 0 Å². The van der Waals surface area contributed by atoms with Crippen molar-refractivity contribution in [3.8, 4) is 0 Å². The Hall–Kier alpha value is -0.910. The predicted octanol–water partition coefficient (Wildman–Crippen LogP) is 2.70. The van der Waals surface area contributed by atoms with Crippen molar-refractivity contribution in [3.05, 3.63) is 29.3 Å². The van der Waals surface area contributed by atoms with Gasteiger partial charge in [-0.3, -0.25) is 0 Å². The minimum atomic E-state index is -3.47. The molecule has 0 spiro atoms. The van der Waals surface area contributed by atoms with Crippen LogP contribution >= 0.6 is 0 Å². The van der Waals surface area contributed by atoms with E-state index in [0.717, 1.165) is 36.8 Å². The zero-order valence-corrected chi connectivity index (χ0v) is 14.0. The molecule has 21 heavy (non-hydrogen) atoms. The molecule has 0 amide bonds. The van der Waals surface area contributed by atoms with Crippen LogP contribution in [0.4, 0.5) is 0 Å². The molecule has 0 atom stereocenters. The standard InChI is InChI=1S/C16H26N2O2S/c1-12-4-5-13(11-17)10-15(12)21(19,20)18-14-6-8-16(2,3)9-7-14/h4-5,10,14,18H,6-9,11,17H2,1-3H3. The highest BCUT2D eigenvalue weighted by molar-refractivity contribution is 7.89. The Labute approximate surface area is 128 Å². The molecule has 1 fully saturated rings. The van der Waals surface area contributed by atoms with Crippen LogP contribution < -0.4 is 10.5 Å². The van der Waals surface area contributed by atoms with Crippen molar-refractivity contribution in [2.75, 3.05) is 0 Å². The lowest BCUT2D eigenvalue weighted by Gasteiger charge is -2.34. The fourth-order valence-corrected chi connectivity index (χ4v) is 4.46. The summed E-state index contributed by atoms with van der Waals surface area (Å²) in [5.74, 6) is 0. The lowest BCUT2D eigenvalue weighted by molar-refractivity contribution is 0.218. The van der Waals surface area contributed by atoms with Crippen LogP contribution in [0.2, 0.25) is 0 Å². The number of aryl methyl sites for hydroxylation is 1. The summed E-state index contributed by atoms with van der Waals surface area (Å²) >= 11 is 0. The van der Waals surface area contributed by atoms with Crippen LogP contribution in [0.1, 0.15) is 50.7 Å². The van der Waals surface area contributed by atoms with E-state index in [1.807, 2.05) is 19.1 Å². The third-order valence-corrected chi connectivity index (χ3v) is 6.10. The minimum Gasteiger partial charge on any atom is -0.326 e. The Morgan fingerprint density at radius 1 is 1.29 bits per heavy atom. The zero-order valence-electron chi connectivity index (χ0n) is 13.1. The molecular formula is C16H26N2O2S. The van der Waals surface area contributed by atoms with Gasteiger partial charge in [-0.25, -0.2) is 13.1 Å². The summed E-state index contributed by atoms with van der Waals surface area (Å²) in [6.45, 7) is 6.65. The quantitative estimate of drug-likeness (QED) is 0.898. The average Bonchev–Trinajstić information content (AvgIpc) is 2.41. The summed E-state index contributed by atoms with van der Waals surface area (Å²) in [7, 11) is -3.47. The molecule has 0 aliphatic heterocycles. The maximum atomic E-state index is 12.6. The first-order chi connectivity index (χ1) is 9.73. The zero-order chi connectivity index (χ0) is 15.7. The number of hydrogen-bond acceptors (Lipinski definition) is 3. The van der Waals surface area contributed by atoms with Crippen molar-refractivity contribution in [2.24, 2.45) is 11.1 Å². The van der Waals surface area contributed by atoms with E-state index in [1.54, 1.807) is 6.07 Å². The summed E-state index contributed by atoms with van der Waals surface area (Å²) < 4.78 is 28.1. The smallest absolute Gasteiger partial charge is 0.241 e. The summed E-state index contributed by atoms with van der Waals surface area (Å²) in [4.78, 5) is 0.357. The Morgan fingerprint density at radius 2 is 1.90 bits per heavy atom. The summed E-state index contributed by atoms with van der Waals surface area (Å²) in [6, 6.07) is 5.42. The molecule has 0 heterocycles. The number of rotatable bonds is 4. The fraction of sp³-hybridized carbons (Fsp3) is 0.625. The van der Waals surface area contributed by atoms with Gasteiger partial charge in [-0.1, -0.05) is 26.0 Å². The molecule has 1 aromatic carbocycles. The maximum absolute atomic E-state index is 12.6. The van der Waals surface area contributed by atoms with Crippen LogP contribution in [0.25, 0.3) is 0 Å². The van der Waals surface area contributed by atoms with Gasteiger partial charge >= 0.3 is 0 Å². The summed E-state index contributed by atoms with van der Waals surface area (Å²) in [6.07, 6.45) is 3.92.